The number of nitrogens with two attached hydrogens (primary N) is 1. The van der Waals surface area contributed by atoms with Gasteiger partial charge in [0.1, 0.15) is 0 Å². The Balaban J connectivity index is 2.06. The van der Waals surface area contributed by atoms with E-state index in [4.69, 9.17) is 5.73 Å². The molecular weight excluding hydrogens is 380 g/mol. The number of carbonyl (C=O) groups is 1. The Hall–Kier alpha value is -0.850. The van der Waals surface area contributed by atoms with Crippen molar-refractivity contribution in [2.75, 3.05) is 5.32 Å². The Bertz CT molecular complexity index is 564. The zero-order valence-electron chi connectivity index (χ0n) is 9.24. The van der Waals surface area contributed by atoms with Crippen LogP contribution in [-0.4, -0.2) is 5.91 Å². The molecule has 0 spiro atoms. The van der Waals surface area contributed by atoms with Crippen LogP contribution in [0, 0.1) is 0 Å². The van der Waals surface area contributed by atoms with Crippen LogP contribution < -0.4 is 11.1 Å². The number of hydrogen-bond acceptors (Lipinski definition) is 3. The number of rotatable bonds is 4. The van der Waals surface area contributed by atoms with Crippen molar-refractivity contribution in [3.05, 3.63) is 49.0 Å². The first-order valence-electron chi connectivity index (χ1n) is 5.13. The molecule has 1 heterocycles. The van der Waals surface area contributed by atoms with Gasteiger partial charge in [0, 0.05) is 27.1 Å². The van der Waals surface area contributed by atoms with E-state index in [9.17, 15) is 4.79 Å². The van der Waals surface area contributed by atoms with E-state index in [1.807, 2.05) is 12.1 Å². The number of halogens is 2. The first-order valence-corrected chi connectivity index (χ1v) is 7.54. The minimum absolute atomic E-state index is 0.416. The van der Waals surface area contributed by atoms with E-state index in [1.54, 1.807) is 23.5 Å². The van der Waals surface area contributed by atoms with Crippen LogP contribution in [0.25, 0.3) is 0 Å². The van der Waals surface area contributed by atoms with Crippen LogP contribution in [-0.2, 0) is 6.54 Å². The molecule has 0 unspecified atom stereocenters. The van der Waals surface area contributed by atoms with Crippen LogP contribution in [0.15, 0.2) is 38.6 Å². The van der Waals surface area contributed by atoms with E-state index in [2.05, 4.69) is 43.2 Å². The number of hydrogen-bond donors (Lipinski definition) is 2. The van der Waals surface area contributed by atoms with E-state index >= 15 is 0 Å². The molecule has 0 aliphatic carbocycles. The van der Waals surface area contributed by atoms with Crippen molar-refractivity contribution in [3.8, 4) is 0 Å². The summed E-state index contributed by atoms with van der Waals surface area (Å²) in [5, 5.41) is 3.26. The molecule has 3 nitrogen and oxygen atoms in total. The van der Waals surface area contributed by atoms with Gasteiger partial charge in [-0.15, -0.1) is 11.3 Å². The van der Waals surface area contributed by atoms with Crippen LogP contribution in [0.4, 0.5) is 5.69 Å². The Morgan fingerprint density at radius 3 is 2.72 bits per heavy atom. The second-order valence-electron chi connectivity index (χ2n) is 3.63. The van der Waals surface area contributed by atoms with Crippen LogP contribution in [0.5, 0.6) is 0 Å². The van der Waals surface area contributed by atoms with Crippen molar-refractivity contribution in [2.45, 2.75) is 6.54 Å². The number of primary amides is 1. The van der Waals surface area contributed by atoms with Gasteiger partial charge in [-0.3, -0.25) is 4.79 Å². The molecule has 0 radical (unpaired) electrons. The fourth-order valence-electron chi connectivity index (χ4n) is 1.45. The Labute approximate surface area is 126 Å². The highest BCUT2D eigenvalue weighted by atomic mass is 79.9. The molecule has 2 aromatic rings. The molecule has 1 aromatic carbocycles. The molecule has 0 saturated carbocycles. The van der Waals surface area contributed by atoms with Crippen LogP contribution in [0.1, 0.15) is 15.2 Å². The largest absolute Gasteiger partial charge is 0.380 e. The molecule has 18 heavy (non-hydrogen) atoms. The van der Waals surface area contributed by atoms with E-state index < -0.39 is 5.91 Å². The van der Waals surface area contributed by atoms with Gasteiger partial charge in [-0.05, 0) is 56.1 Å². The SMILES string of the molecule is NC(=O)c1cccc(NCc2cc(Br)c(Br)s2)c1. The van der Waals surface area contributed by atoms with Crippen LogP contribution in [0.3, 0.4) is 0 Å². The minimum atomic E-state index is -0.416. The second kappa shape index (κ2) is 5.86. The first-order chi connectivity index (χ1) is 8.56. The molecular formula is C12H10Br2N2OS. The quantitative estimate of drug-likeness (QED) is 0.830. The lowest BCUT2D eigenvalue weighted by molar-refractivity contribution is 0.100. The predicted octanol–water partition coefficient (Wildman–Crippen LogP) is 3.98. The first kappa shape index (κ1) is 13.6. The summed E-state index contributed by atoms with van der Waals surface area (Å²) < 4.78 is 2.13. The monoisotopic (exact) mass is 388 g/mol. The van der Waals surface area contributed by atoms with Crippen molar-refractivity contribution in [2.24, 2.45) is 5.73 Å². The van der Waals surface area contributed by atoms with Gasteiger partial charge < -0.3 is 11.1 Å². The third-order valence-corrected chi connectivity index (χ3v) is 5.57. The van der Waals surface area contributed by atoms with Gasteiger partial charge in [-0.2, -0.15) is 0 Å². The highest BCUT2D eigenvalue weighted by Gasteiger charge is 2.05. The minimum Gasteiger partial charge on any atom is -0.380 e. The third-order valence-electron chi connectivity index (χ3n) is 2.31. The molecule has 2 rings (SSSR count). The molecule has 0 aliphatic heterocycles. The van der Waals surface area contributed by atoms with Gasteiger partial charge >= 0.3 is 0 Å². The number of amides is 1. The van der Waals surface area contributed by atoms with Gasteiger partial charge in [-0.25, -0.2) is 0 Å². The van der Waals surface area contributed by atoms with Crippen molar-refractivity contribution in [3.63, 3.8) is 0 Å². The molecule has 6 heteroatoms. The van der Waals surface area contributed by atoms with E-state index in [1.165, 1.54) is 4.88 Å². The predicted molar refractivity (Wildman–Crippen MR) is 82.0 cm³/mol. The van der Waals surface area contributed by atoms with Crippen molar-refractivity contribution < 1.29 is 4.79 Å². The maximum Gasteiger partial charge on any atom is 0.248 e. The number of carbonyl (C=O) groups excluding carboxylic acids is 1. The van der Waals surface area contributed by atoms with Crippen LogP contribution >= 0.6 is 43.2 Å². The highest BCUT2D eigenvalue weighted by Crippen LogP contribution is 2.32. The highest BCUT2D eigenvalue weighted by molar-refractivity contribution is 9.13. The normalized spacial score (nSPS) is 10.3. The summed E-state index contributed by atoms with van der Waals surface area (Å²) in [6, 6.07) is 9.22. The lowest BCUT2D eigenvalue weighted by Crippen LogP contribution is -2.11. The summed E-state index contributed by atoms with van der Waals surface area (Å²) in [4.78, 5) is 12.3. The standard InChI is InChI=1S/C12H10Br2N2OS/c13-10-5-9(18-11(10)14)6-16-8-3-1-2-7(4-8)12(15)17/h1-5,16H,6H2,(H2,15,17). The fraction of sp³-hybridized carbons (Fsp3) is 0.0833. The number of anilines is 1. The average molecular weight is 390 g/mol. The number of benzene rings is 1. The Kier molecular flexibility index (Phi) is 4.42. The van der Waals surface area contributed by atoms with Gasteiger partial charge in [0.05, 0.1) is 3.79 Å². The maximum absolute atomic E-state index is 11.1. The molecule has 3 N–H and O–H groups in total. The summed E-state index contributed by atoms with van der Waals surface area (Å²) >= 11 is 8.56. The molecule has 0 saturated heterocycles. The zero-order valence-corrected chi connectivity index (χ0v) is 13.2. The fourth-order valence-corrected chi connectivity index (χ4v) is 3.57. The molecule has 1 aromatic heterocycles. The van der Waals surface area contributed by atoms with E-state index in [-0.39, 0.29) is 0 Å². The van der Waals surface area contributed by atoms with Crippen molar-refractivity contribution >= 4 is 54.8 Å². The zero-order chi connectivity index (χ0) is 13.1. The van der Waals surface area contributed by atoms with Crippen molar-refractivity contribution in [1.29, 1.82) is 0 Å². The number of thiophene rings is 1. The molecule has 0 fully saturated rings. The Morgan fingerprint density at radius 1 is 1.33 bits per heavy atom. The van der Waals surface area contributed by atoms with Gasteiger partial charge in [0.15, 0.2) is 0 Å². The molecule has 0 bridgehead atoms. The molecule has 0 aliphatic rings. The third kappa shape index (κ3) is 3.34. The molecule has 94 valence electrons. The average Bonchev–Trinajstić information content (AvgIpc) is 2.67. The number of nitrogens with one attached hydrogen (secondary N) is 1. The second-order valence-corrected chi connectivity index (χ2v) is 6.94. The smallest absolute Gasteiger partial charge is 0.248 e. The van der Waals surface area contributed by atoms with Gasteiger partial charge in [0.2, 0.25) is 5.91 Å². The summed E-state index contributed by atoms with van der Waals surface area (Å²) in [6.07, 6.45) is 0. The summed E-state index contributed by atoms with van der Waals surface area (Å²) in [7, 11) is 0. The lowest BCUT2D eigenvalue weighted by atomic mass is 10.2. The van der Waals surface area contributed by atoms with E-state index in [0.717, 1.165) is 13.9 Å². The summed E-state index contributed by atoms with van der Waals surface area (Å²) in [6.45, 7) is 0.705. The molecule has 0 atom stereocenters. The maximum atomic E-state index is 11.1. The Morgan fingerprint density at radius 2 is 2.11 bits per heavy atom. The van der Waals surface area contributed by atoms with Crippen LogP contribution in [0.2, 0.25) is 0 Å². The van der Waals surface area contributed by atoms with Gasteiger partial charge in [-0.1, -0.05) is 6.07 Å². The van der Waals surface area contributed by atoms with Crippen molar-refractivity contribution in [1.82, 2.24) is 0 Å². The lowest BCUT2D eigenvalue weighted by Gasteiger charge is -2.05. The topological polar surface area (TPSA) is 55.1 Å². The summed E-state index contributed by atoms with van der Waals surface area (Å²) in [5.74, 6) is -0.416. The summed E-state index contributed by atoms with van der Waals surface area (Å²) in [5.41, 5.74) is 6.63. The molecule has 1 amide bonds. The van der Waals surface area contributed by atoms with E-state index in [0.29, 0.717) is 12.1 Å². The van der Waals surface area contributed by atoms with Gasteiger partial charge in [0.25, 0.3) is 0 Å².